The van der Waals surface area contributed by atoms with Crippen LogP contribution in [0.3, 0.4) is 0 Å². The number of hydrogen-bond acceptors (Lipinski definition) is 6. The van der Waals surface area contributed by atoms with E-state index in [4.69, 9.17) is 14.2 Å². The van der Waals surface area contributed by atoms with Gasteiger partial charge in [-0.3, -0.25) is 5.10 Å². The number of rotatable bonds is 0. The van der Waals surface area contributed by atoms with E-state index in [2.05, 4.69) is 20.2 Å². The maximum absolute atomic E-state index is 6.03. The Morgan fingerprint density at radius 3 is 3.00 bits per heavy atom. The Bertz CT molecular complexity index is 880. The first-order chi connectivity index (χ1) is 12.2. The van der Waals surface area contributed by atoms with Crippen LogP contribution < -0.4 is 9.47 Å². The first-order valence-electron chi connectivity index (χ1n) is 8.41. The summed E-state index contributed by atoms with van der Waals surface area (Å²) in [6, 6.07) is 8.02. The van der Waals surface area contributed by atoms with Crippen LogP contribution in [0.4, 0.5) is 0 Å². The van der Waals surface area contributed by atoms with Crippen molar-refractivity contribution in [3.63, 3.8) is 0 Å². The minimum Gasteiger partial charge on any atom is -0.491 e. The summed E-state index contributed by atoms with van der Waals surface area (Å²) in [5.41, 5.74) is 2.38. The predicted molar refractivity (Wildman–Crippen MR) is 92.7 cm³/mol. The molecule has 0 radical (unpaired) electrons. The van der Waals surface area contributed by atoms with Crippen molar-refractivity contribution in [1.82, 2.24) is 20.2 Å². The van der Waals surface area contributed by atoms with Gasteiger partial charge >= 0.3 is 6.01 Å². The molecule has 7 heteroatoms. The van der Waals surface area contributed by atoms with Gasteiger partial charge in [-0.05, 0) is 38.1 Å². The molecule has 25 heavy (non-hydrogen) atoms. The summed E-state index contributed by atoms with van der Waals surface area (Å²) in [5.74, 6) is 0.802. The molecule has 0 spiro atoms. The third kappa shape index (κ3) is 3.41. The Balaban J connectivity index is 1.78. The second-order valence-electron chi connectivity index (χ2n) is 6.21. The Labute approximate surface area is 145 Å². The van der Waals surface area contributed by atoms with Crippen LogP contribution in [0.15, 0.2) is 30.5 Å². The lowest BCUT2D eigenvalue weighted by Crippen LogP contribution is -2.22. The van der Waals surface area contributed by atoms with Crippen molar-refractivity contribution in [1.29, 1.82) is 0 Å². The number of ether oxygens (including phenoxy) is 3. The summed E-state index contributed by atoms with van der Waals surface area (Å²) in [5, 5.41) is 8.39. The molecule has 130 valence electrons. The molecule has 4 rings (SSSR count). The Hall–Kier alpha value is -2.67. The van der Waals surface area contributed by atoms with E-state index in [9.17, 15) is 0 Å². The third-order valence-corrected chi connectivity index (χ3v) is 4.12. The summed E-state index contributed by atoms with van der Waals surface area (Å²) in [6.07, 6.45) is 2.46. The third-order valence-electron chi connectivity index (χ3n) is 4.12. The van der Waals surface area contributed by atoms with E-state index in [1.807, 2.05) is 38.1 Å². The predicted octanol–water partition coefficient (Wildman–Crippen LogP) is 2.97. The number of benzene rings is 1. The Morgan fingerprint density at radius 2 is 2.08 bits per heavy atom. The zero-order valence-corrected chi connectivity index (χ0v) is 14.2. The molecule has 2 aromatic heterocycles. The van der Waals surface area contributed by atoms with Gasteiger partial charge in [0, 0.05) is 18.0 Å². The molecule has 3 aromatic rings. The summed E-state index contributed by atoms with van der Waals surface area (Å²) in [6.45, 7) is 5.00. The van der Waals surface area contributed by atoms with E-state index in [0.29, 0.717) is 24.9 Å². The van der Waals surface area contributed by atoms with Gasteiger partial charge in [0.1, 0.15) is 18.1 Å². The molecule has 0 amide bonds. The molecule has 4 bridgehead atoms. The van der Waals surface area contributed by atoms with E-state index >= 15 is 0 Å². The maximum atomic E-state index is 6.03. The van der Waals surface area contributed by atoms with Crippen molar-refractivity contribution in [3.05, 3.63) is 30.5 Å². The zero-order valence-electron chi connectivity index (χ0n) is 14.2. The number of nitrogens with one attached hydrogen (secondary N) is 1. The van der Waals surface area contributed by atoms with Gasteiger partial charge in [0.2, 0.25) is 0 Å². The fourth-order valence-corrected chi connectivity index (χ4v) is 2.77. The van der Waals surface area contributed by atoms with Gasteiger partial charge in [0.25, 0.3) is 0 Å². The fourth-order valence-electron chi connectivity index (χ4n) is 2.77. The molecule has 1 aliphatic heterocycles. The Kier molecular flexibility index (Phi) is 4.23. The van der Waals surface area contributed by atoms with E-state index in [0.717, 1.165) is 28.8 Å². The maximum Gasteiger partial charge on any atom is 0.317 e. The highest BCUT2D eigenvalue weighted by Crippen LogP contribution is 2.29. The van der Waals surface area contributed by atoms with Gasteiger partial charge < -0.3 is 14.2 Å². The normalized spacial score (nSPS) is 21.2. The SMILES string of the molecule is C[C@H]1COc2nccc(n2)-c2n[nH]c3ccc(cc23)O[C@@H](C)CCO1. The van der Waals surface area contributed by atoms with Crippen LogP contribution in [-0.2, 0) is 4.74 Å². The highest BCUT2D eigenvalue weighted by atomic mass is 16.5. The van der Waals surface area contributed by atoms with Gasteiger partial charge in [0.05, 0.1) is 30.0 Å². The number of nitrogens with zero attached hydrogens (tertiary/aromatic N) is 3. The van der Waals surface area contributed by atoms with E-state index in [-0.39, 0.29) is 12.2 Å². The molecule has 3 heterocycles. The van der Waals surface area contributed by atoms with E-state index in [1.165, 1.54) is 0 Å². The van der Waals surface area contributed by atoms with Crippen LogP contribution in [0.25, 0.3) is 22.3 Å². The highest BCUT2D eigenvalue weighted by molar-refractivity contribution is 5.92. The smallest absolute Gasteiger partial charge is 0.317 e. The molecular formula is C18H20N4O3. The minimum atomic E-state index is -0.0530. The summed E-state index contributed by atoms with van der Waals surface area (Å²) < 4.78 is 17.5. The van der Waals surface area contributed by atoms with Crippen LogP contribution in [0.5, 0.6) is 11.8 Å². The van der Waals surface area contributed by atoms with E-state index < -0.39 is 0 Å². The van der Waals surface area contributed by atoms with Gasteiger partial charge in [-0.25, -0.2) is 4.98 Å². The lowest BCUT2D eigenvalue weighted by molar-refractivity contribution is 0.0169. The van der Waals surface area contributed by atoms with Crippen LogP contribution in [0, 0.1) is 0 Å². The van der Waals surface area contributed by atoms with Crippen molar-refractivity contribution in [2.24, 2.45) is 0 Å². The molecule has 0 saturated carbocycles. The second kappa shape index (κ2) is 6.68. The molecule has 0 aliphatic carbocycles. The van der Waals surface area contributed by atoms with Crippen LogP contribution in [0.2, 0.25) is 0 Å². The van der Waals surface area contributed by atoms with Gasteiger partial charge in [0.15, 0.2) is 0 Å². The van der Waals surface area contributed by atoms with Gasteiger partial charge in [-0.1, -0.05) is 0 Å². The lowest BCUT2D eigenvalue weighted by Gasteiger charge is -2.17. The Morgan fingerprint density at radius 1 is 1.16 bits per heavy atom. The monoisotopic (exact) mass is 340 g/mol. The largest absolute Gasteiger partial charge is 0.491 e. The second-order valence-corrected chi connectivity index (χ2v) is 6.21. The molecular weight excluding hydrogens is 320 g/mol. The van der Waals surface area contributed by atoms with Crippen molar-refractivity contribution in [2.45, 2.75) is 32.5 Å². The first kappa shape index (κ1) is 15.8. The number of aromatic nitrogens is 4. The van der Waals surface area contributed by atoms with Crippen molar-refractivity contribution in [2.75, 3.05) is 13.2 Å². The topological polar surface area (TPSA) is 82.2 Å². The average molecular weight is 340 g/mol. The lowest BCUT2D eigenvalue weighted by atomic mass is 10.1. The van der Waals surface area contributed by atoms with Crippen LogP contribution >= 0.6 is 0 Å². The molecule has 0 saturated heterocycles. The molecule has 1 N–H and O–H groups in total. The number of hydrogen-bond donors (Lipinski definition) is 1. The zero-order chi connectivity index (χ0) is 17.2. The quantitative estimate of drug-likeness (QED) is 0.677. The molecule has 1 aromatic carbocycles. The molecule has 0 fully saturated rings. The molecule has 7 nitrogen and oxygen atoms in total. The summed E-state index contributed by atoms with van der Waals surface area (Å²) in [4.78, 5) is 8.64. The highest BCUT2D eigenvalue weighted by Gasteiger charge is 2.15. The van der Waals surface area contributed by atoms with Crippen molar-refractivity contribution >= 4 is 10.9 Å². The summed E-state index contributed by atoms with van der Waals surface area (Å²) >= 11 is 0. The number of aromatic amines is 1. The fraction of sp³-hybridized carbons (Fsp3) is 0.389. The van der Waals surface area contributed by atoms with E-state index in [1.54, 1.807) is 6.20 Å². The van der Waals surface area contributed by atoms with Crippen molar-refractivity contribution < 1.29 is 14.2 Å². The first-order valence-corrected chi connectivity index (χ1v) is 8.41. The molecule has 1 aliphatic rings. The number of H-pyrrole nitrogens is 1. The molecule has 2 atom stereocenters. The molecule has 0 unspecified atom stereocenters. The minimum absolute atomic E-state index is 0.0480. The number of fused-ring (bicyclic) bond motifs is 4. The van der Waals surface area contributed by atoms with Gasteiger partial charge in [-0.15, -0.1) is 0 Å². The van der Waals surface area contributed by atoms with Crippen LogP contribution in [0.1, 0.15) is 20.3 Å². The average Bonchev–Trinajstić information content (AvgIpc) is 3.03. The van der Waals surface area contributed by atoms with Crippen molar-refractivity contribution in [3.8, 4) is 23.1 Å². The summed E-state index contributed by atoms with van der Waals surface area (Å²) in [7, 11) is 0. The van der Waals surface area contributed by atoms with Gasteiger partial charge in [-0.2, -0.15) is 10.1 Å². The van der Waals surface area contributed by atoms with Crippen LogP contribution in [-0.4, -0.2) is 45.6 Å². The standard InChI is InChI=1S/C18H20N4O3/c1-11-6-8-23-12(2)10-24-18-19-7-5-16(20-18)17-14-9-13(25-11)3-4-15(14)21-22-17/h3-5,7,9,11-12H,6,8,10H2,1-2H3,(H,21,22)/t11-,12-/m0/s1.